The third kappa shape index (κ3) is 3.96. The van der Waals surface area contributed by atoms with Crippen LogP contribution in [0.3, 0.4) is 0 Å². The van der Waals surface area contributed by atoms with Crippen LogP contribution in [0.25, 0.3) is 0 Å². The summed E-state index contributed by atoms with van der Waals surface area (Å²) < 4.78 is 18.6. The SMILES string of the molecule is CN(CCO)C(=O)c1cc(Cl)ccc1Oc1ccc(F)cc1. The highest BCUT2D eigenvalue weighted by molar-refractivity contribution is 6.31. The lowest BCUT2D eigenvalue weighted by atomic mass is 10.1. The quantitative estimate of drug-likeness (QED) is 0.918. The lowest BCUT2D eigenvalue weighted by Gasteiger charge is -2.18. The van der Waals surface area contributed by atoms with Crippen molar-refractivity contribution in [1.29, 1.82) is 0 Å². The number of carbonyl (C=O) groups is 1. The van der Waals surface area contributed by atoms with Gasteiger partial charge in [0, 0.05) is 18.6 Å². The maximum atomic E-state index is 12.9. The smallest absolute Gasteiger partial charge is 0.257 e. The predicted octanol–water partition coefficient (Wildman–Crippen LogP) is 3.34. The van der Waals surface area contributed by atoms with Crippen molar-refractivity contribution in [1.82, 2.24) is 4.90 Å². The fraction of sp³-hybridized carbons (Fsp3) is 0.188. The molecule has 0 saturated heterocycles. The third-order valence-corrected chi connectivity index (χ3v) is 3.23. The molecule has 0 aliphatic carbocycles. The average molecular weight is 324 g/mol. The van der Waals surface area contributed by atoms with E-state index >= 15 is 0 Å². The van der Waals surface area contributed by atoms with E-state index in [-0.39, 0.29) is 30.4 Å². The van der Waals surface area contributed by atoms with E-state index in [0.29, 0.717) is 16.5 Å². The fourth-order valence-corrected chi connectivity index (χ4v) is 2.02. The maximum Gasteiger partial charge on any atom is 0.257 e. The van der Waals surface area contributed by atoms with Crippen LogP contribution in [0.2, 0.25) is 5.02 Å². The second kappa shape index (κ2) is 7.24. The van der Waals surface area contributed by atoms with E-state index in [1.807, 2.05) is 0 Å². The van der Waals surface area contributed by atoms with Crippen LogP contribution in [-0.4, -0.2) is 36.1 Å². The number of carbonyl (C=O) groups excluding carboxylic acids is 1. The minimum Gasteiger partial charge on any atom is -0.457 e. The number of nitrogens with zero attached hydrogens (tertiary/aromatic N) is 1. The van der Waals surface area contributed by atoms with Crippen molar-refractivity contribution >= 4 is 17.5 Å². The van der Waals surface area contributed by atoms with Gasteiger partial charge < -0.3 is 14.7 Å². The van der Waals surface area contributed by atoms with Crippen LogP contribution in [0.1, 0.15) is 10.4 Å². The summed E-state index contributed by atoms with van der Waals surface area (Å²) in [6, 6.07) is 10.1. The van der Waals surface area contributed by atoms with E-state index in [1.54, 1.807) is 19.2 Å². The molecule has 0 fully saturated rings. The Balaban J connectivity index is 2.31. The van der Waals surface area contributed by atoms with Crippen LogP contribution < -0.4 is 4.74 Å². The molecule has 2 aromatic carbocycles. The van der Waals surface area contributed by atoms with Gasteiger partial charge in [0.15, 0.2) is 0 Å². The van der Waals surface area contributed by atoms with E-state index < -0.39 is 0 Å². The molecule has 0 bridgehead atoms. The van der Waals surface area contributed by atoms with Crippen LogP contribution in [-0.2, 0) is 0 Å². The zero-order chi connectivity index (χ0) is 16.1. The molecule has 1 amide bonds. The Bertz CT molecular complexity index is 661. The highest BCUT2D eigenvalue weighted by Crippen LogP contribution is 2.29. The van der Waals surface area contributed by atoms with Gasteiger partial charge in [-0.05, 0) is 42.5 Å². The first-order valence-electron chi connectivity index (χ1n) is 6.60. The largest absolute Gasteiger partial charge is 0.457 e. The van der Waals surface area contributed by atoms with E-state index in [0.717, 1.165) is 0 Å². The van der Waals surface area contributed by atoms with Crippen molar-refractivity contribution < 1.29 is 19.0 Å². The summed E-state index contributed by atoms with van der Waals surface area (Å²) in [7, 11) is 1.57. The molecule has 6 heteroatoms. The normalized spacial score (nSPS) is 10.4. The number of rotatable bonds is 5. The van der Waals surface area contributed by atoms with Crippen molar-refractivity contribution in [3.63, 3.8) is 0 Å². The second-order valence-electron chi connectivity index (χ2n) is 4.65. The number of amides is 1. The number of ether oxygens (including phenoxy) is 1. The molecule has 116 valence electrons. The van der Waals surface area contributed by atoms with Crippen molar-refractivity contribution in [3.8, 4) is 11.5 Å². The number of aliphatic hydroxyl groups excluding tert-OH is 1. The summed E-state index contributed by atoms with van der Waals surface area (Å²) in [6.45, 7) is 0.0539. The Morgan fingerprint density at radius 3 is 2.59 bits per heavy atom. The molecule has 1 N–H and O–H groups in total. The van der Waals surface area contributed by atoms with Crippen molar-refractivity contribution in [2.24, 2.45) is 0 Å². The van der Waals surface area contributed by atoms with Gasteiger partial charge in [0.1, 0.15) is 17.3 Å². The zero-order valence-corrected chi connectivity index (χ0v) is 12.7. The standard InChI is InChI=1S/C16H15ClFNO3/c1-19(8-9-20)16(21)14-10-11(17)2-7-15(14)22-13-5-3-12(18)4-6-13/h2-7,10,20H,8-9H2,1H3. The van der Waals surface area contributed by atoms with Crippen molar-refractivity contribution in [3.05, 3.63) is 58.9 Å². The first-order valence-corrected chi connectivity index (χ1v) is 6.98. The molecule has 2 aromatic rings. The topological polar surface area (TPSA) is 49.8 Å². The molecule has 0 heterocycles. The van der Waals surface area contributed by atoms with Crippen LogP contribution in [0, 0.1) is 5.82 Å². The highest BCUT2D eigenvalue weighted by atomic mass is 35.5. The maximum absolute atomic E-state index is 12.9. The number of likely N-dealkylation sites (N-methyl/N-ethyl adjacent to an activating group) is 1. The molecule has 0 aliphatic rings. The highest BCUT2D eigenvalue weighted by Gasteiger charge is 2.17. The minimum atomic E-state index is -0.373. The van der Waals surface area contributed by atoms with Gasteiger partial charge >= 0.3 is 0 Å². The van der Waals surface area contributed by atoms with Crippen molar-refractivity contribution in [2.75, 3.05) is 20.2 Å². The van der Waals surface area contributed by atoms with Gasteiger partial charge in [-0.3, -0.25) is 4.79 Å². The summed E-state index contributed by atoms with van der Waals surface area (Å²) in [5.41, 5.74) is 0.271. The van der Waals surface area contributed by atoms with Gasteiger partial charge in [0.2, 0.25) is 0 Å². The van der Waals surface area contributed by atoms with E-state index in [1.165, 1.54) is 35.2 Å². The lowest BCUT2D eigenvalue weighted by molar-refractivity contribution is 0.0764. The molecule has 22 heavy (non-hydrogen) atoms. The monoisotopic (exact) mass is 323 g/mol. The molecule has 0 unspecified atom stereocenters. The van der Waals surface area contributed by atoms with Gasteiger partial charge in [-0.2, -0.15) is 0 Å². The molecular weight excluding hydrogens is 309 g/mol. The fourth-order valence-electron chi connectivity index (χ4n) is 1.85. The van der Waals surface area contributed by atoms with E-state index in [4.69, 9.17) is 21.4 Å². The predicted molar refractivity (Wildman–Crippen MR) is 82.0 cm³/mol. The molecule has 0 spiro atoms. The van der Waals surface area contributed by atoms with Crippen LogP contribution >= 0.6 is 11.6 Å². The molecule has 0 aromatic heterocycles. The molecule has 2 rings (SSSR count). The van der Waals surface area contributed by atoms with Crippen LogP contribution in [0.15, 0.2) is 42.5 Å². The molecule has 4 nitrogen and oxygen atoms in total. The minimum absolute atomic E-state index is 0.142. The lowest BCUT2D eigenvalue weighted by Crippen LogP contribution is -2.29. The number of benzene rings is 2. The van der Waals surface area contributed by atoms with Gasteiger partial charge in [0.25, 0.3) is 5.91 Å². The second-order valence-corrected chi connectivity index (χ2v) is 5.08. The summed E-state index contributed by atoms with van der Waals surface area (Å²) in [5.74, 6) is 0.0180. The van der Waals surface area contributed by atoms with Gasteiger partial charge in [0.05, 0.1) is 12.2 Å². The third-order valence-electron chi connectivity index (χ3n) is 3.00. The average Bonchev–Trinajstić information content (AvgIpc) is 2.50. The molecule has 0 radical (unpaired) electrons. The summed E-state index contributed by atoms with van der Waals surface area (Å²) in [4.78, 5) is 13.7. The summed E-state index contributed by atoms with van der Waals surface area (Å²) >= 11 is 5.94. The molecule has 0 atom stereocenters. The Labute approximate surface area is 132 Å². The van der Waals surface area contributed by atoms with Crippen LogP contribution in [0.5, 0.6) is 11.5 Å². The first kappa shape index (κ1) is 16.3. The molecule has 0 aliphatic heterocycles. The Hall–Kier alpha value is -2.11. The molecular formula is C16H15ClFNO3. The number of aliphatic hydroxyl groups is 1. The van der Waals surface area contributed by atoms with E-state index in [2.05, 4.69) is 0 Å². The van der Waals surface area contributed by atoms with Crippen molar-refractivity contribution in [2.45, 2.75) is 0 Å². The summed E-state index contributed by atoms with van der Waals surface area (Å²) in [6.07, 6.45) is 0. The zero-order valence-electron chi connectivity index (χ0n) is 11.9. The molecule has 0 saturated carbocycles. The number of hydrogen-bond acceptors (Lipinski definition) is 3. The van der Waals surface area contributed by atoms with Gasteiger partial charge in [-0.1, -0.05) is 11.6 Å². The first-order chi connectivity index (χ1) is 10.5. The van der Waals surface area contributed by atoms with E-state index in [9.17, 15) is 9.18 Å². The number of halogens is 2. The Morgan fingerprint density at radius 1 is 1.27 bits per heavy atom. The van der Waals surface area contributed by atoms with Crippen LogP contribution in [0.4, 0.5) is 4.39 Å². The Kier molecular flexibility index (Phi) is 5.35. The summed E-state index contributed by atoms with van der Waals surface area (Å²) in [5, 5.41) is 9.33. The Morgan fingerprint density at radius 2 is 1.95 bits per heavy atom. The van der Waals surface area contributed by atoms with Gasteiger partial charge in [-0.15, -0.1) is 0 Å². The van der Waals surface area contributed by atoms with Gasteiger partial charge in [-0.25, -0.2) is 4.39 Å². The number of hydrogen-bond donors (Lipinski definition) is 1.